The minimum atomic E-state index is 0.0158. The SMILES string of the molecule is O=C(c1ccco1)N1CCC(N[C@@H](c2ccccc2)C2CCC2)CC1. The van der Waals surface area contributed by atoms with Crippen molar-refractivity contribution in [2.75, 3.05) is 13.1 Å². The topological polar surface area (TPSA) is 45.5 Å². The number of piperidine rings is 1. The van der Waals surface area contributed by atoms with Crippen LogP contribution in [-0.4, -0.2) is 29.9 Å². The second kappa shape index (κ2) is 7.44. The molecule has 2 aliphatic rings. The molecule has 4 rings (SSSR count). The summed E-state index contributed by atoms with van der Waals surface area (Å²) in [4.78, 5) is 14.3. The predicted octanol–water partition coefficient (Wildman–Crippen LogP) is 4.02. The number of carbonyl (C=O) groups is 1. The zero-order valence-electron chi connectivity index (χ0n) is 14.6. The number of rotatable bonds is 5. The van der Waals surface area contributed by atoms with Gasteiger partial charge in [0.1, 0.15) is 0 Å². The first-order valence-electron chi connectivity index (χ1n) is 9.45. The molecule has 1 N–H and O–H groups in total. The molecule has 4 nitrogen and oxygen atoms in total. The normalized spacial score (nSPS) is 20.2. The van der Waals surface area contributed by atoms with Crippen LogP contribution in [0, 0.1) is 5.92 Å². The summed E-state index contributed by atoms with van der Waals surface area (Å²) in [6, 6.07) is 15.3. The lowest BCUT2D eigenvalue weighted by molar-refractivity contribution is 0.0661. The van der Waals surface area contributed by atoms with E-state index in [0.29, 0.717) is 17.8 Å². The number of hydrogen-bond acceptors (Lipinski definition) is 3. The van der Waals surface area contributed by atoms with Gasteiger partial charge in [-0.25, -0.2) is 0 Å². The van der Waals surface area contributed by atoms with Crippen molar-refractivity contribution in [1.82, 2.24) is 10.2 Å². The predicted molar refractivity (Wildman–Crippen MR) is 97.3 cm³/mol. The molecule has 1 amide bonds. The zero-order valence-corrected chi connectivity index (χ0v) is 14.6. The van der Waals surface area contributed by atoms with Crippen LogP contribution in [0.25, 0.3) is 0 Å². The molecule has 1 saturated heterocycles. The third-order valence-corrected chi connectivity index (χ3v) is 5.71. The first kappa shape index (κ1) is 16.4. The molecule has 0 spiro atoms. The number of furan rings is 1. The highest BCUT2D eigenvalue weighted by Gasteiger charge is 2.32. The average molecular weight is 338 g/mol. The maximum atomic E-state index is 12.4. The van der Waals surface area contributed by atoms with Gasteiger partial charge in [0.2, 0.25) is 0 Å². The van der Waals surface area contributed by atoms with Crippen LogP contribution in [0.3, 0.4) is 0 Å². The summed E-state index contributed by atoms with van der Waals surface area (Å²) in [6.07, 6.45) is 7.56. The van der Waals surface area contributed by atoms with Crippen LogP contribution in [0.1, 0.15) is 54.3 Å². The van der Waals surface area contributed by atoms with E-state index < -0.39 is 0 Å². The van der Waals surface area contributed by atoms with E-state index in [1.54, 1.807) is 18.4 Å². The highest BCUT2D eigenvalue weighted by atomic mass is 16.3. The van der Waals surface area contributed by atoms with Crippen LogP contribution in [0.15, 0.2) is 53.1 Å². The Morgan fingerprint density at radius 1 is 1.04 bits per heavy atom. The summed E-state index contributed by atoms with van der Waals surface area (Å²) in [6.45, 7) is 1.59. The van der Waals surface area contributed by atoms with Crippen molar-refractivity contribution < 1.29 is 9.21 Å². The van der Waals surface area contributed by atoms with Gasteiger partial charge in [0.15, 0.2) is 5.76 Å². The fourth-order valence-corrected chi connectivity index (χ4v) is 4.00. The maximum Gasteiger partial charge on any atom is 0.289 e. The number of carbonyl (C=O) groups excluding carboxylic acids is 1. The standard InChI is InChI=1S/C21H26N2O2/c24-21(19-10-5-15-25-19)23-13-11-18(12-14-23)22-20(17-8-4-9-17)16-6-2-1-3-7-16/h1-3,5-7,10,15,17-18,20,22H,4,8-9,11-14H2/t20-/m0/s1. The van der Waals surface area contributed by atoms with Crippen LogP contribution < -0.4 is 5.32 Å². The van der Waals surface area contributed by atoms with Gasteiger partial charge in [-0.05, 0) is 49.3 Å². The quantitative estimate of drug-likeness (QED) is 0.896. The van der Waals surface area contributed by atoms with Gasteiger partial charge in [-0.2, -0.15) is 0 Å². The molecule has 1 aliphatic heterocycles. The molecule has 0 bridgehead atoms. The van der Waals surface area contributed by atoms with Crippen molar-refractivity contribution >= 4 is 5.91 Å². The van der Waals surface area contributed by atoms with E-state index in [9.17, 15) is 4.79 Å². The maximum absolute atomic E-state index is 12.4. The highest BCUT2D eigenvalue weighted by Crippen LogP contribution is 2.38. The summed E-state index contributed by atoms with van der Waals surface area (Å²) in [5.41, 5.74) is 1.40. The molecule has 1 aromatic carbocycles. The Morgan fingerprint density at radius 3 is 2.40 bits per heavy atom. The third kappa shape index (κ3) is 3.64. The van der Waals surface area contributed by atoms with Gasteiger partial charge in [-0.15, -0.1) is 0 Å². The molecular formula is C21H26N2O2. The minimum absolute atomic E-state index is 0.0158. The Balaban J connectivity index is 1.36. The summed E-state index contributed by atoms with van der Waals surface area (Å²) in [5.74, 6) is 1.22. The number of likely N-dealkylation sites (tertiary alicyclic amines) is 1. The van der Waals surface area contributed by atoms with E-state index in [1.165, 1.54) is 24.8 Å². The molecule has 4 heteroatoms. The molecule has 1 atom stereocenters. The Labute approximate surface area is 149 Å². The van der Waals surface area contributed by atoms with Crippen molar-refractivity contribution in [3.63, 3.8) is 0 Å². The van der Waals surface area contributed by atoms with Crippen molar-refractivity contribution in [3.05, 3.63) is 60.1 Å². The third-order valence-electron chi connectivity index (χ3n) is 5.71. The monoisotopic (exact) mass is 338 g/mol. The number of benzene rings is 1. The first-order chi connectivity index (χ1) is 12.3. The number of hydrogen-bond donors (Lipinski definition) is 1. The van der Waals surface area contributed by atoms with E-state index in [1.807, 2.05) is 4.90 Å². The molecule has 2 heterocycles. The van der Waals surface area contributed by atoms with Gasteiger partial charge in [-0.1, -0.05) is 36.8 Å². The van der Waals surface area contributed by atoms with Gasteiger partial charge in [-0.3, -0.25) is 4.79 Å². The van der Waals surface area contributed by atoms with Gasteiger partial charge in [0.05, 0.1) is 6.26 Å². The van der Waals surface area contributed by atoms with Crippen LogP contribution >= 0.6 is 0 Å². The van der Waals surface area contributed by atoms with Crippen molar-refractivity contribution in [1.29, 1.82) is 0 Å². The molecule has 1 aromatic heterocycles. The van der Waals surface area contributed by atoms with Gasteiger partial charge >= 0.3 is 0 Å². The first-order valence-corrected chi connectivity index (χ1v) is 9.45. The molecule has 2 fully saturated rings. The van der Waals surface area contributed by atoms with Crippen molar-refractivity contribution in [3.8, 4) is 0 Å². The Hall–Kier alpha value is -2.07. The second-order valence-corrected chi connectivity index (χ2v) is 7.29. The molecule has 132 valence electrons. The molecular weight excluding hydrogens is 312 g/mol. The highest BCUT2D eigenvalue weighted by molar-refractivity contribution is 5.91. The Bertz CT molecular complexity index is 671. The lowest BCUT2D eigenvalue weighted by atomic mass is 9.76. The molecule has 0 radical (unpaired) electrons. The number of nitrogens with zero attached hydrogens (tertiary/aromatic N) is 1. The number of nitrogens with one attached hydrogen (secondary N) is 1. The minimum Gasteiger partial charge on any atom is -0.459 e. The lowest BCUT2D eigenvalue weighted by Crippen LogP contribution is -2.47. The van der Waals surface area contributed by atoms with Crippen LogP contribution in [0.2, 0.25) is 0 Å². The molecule has 1 aliphatic carbocycles. The van der Waals surface area contributed by atoms with Crippen molar-refractivity contribution in [2.24, 2.45) is 5.92 Å². The van der Waals surface area contributed by atoms with Gasteiger partial charge < -0.3 is 14.6 Å². The molecule has 25 heavy (non-hydrogen) atoms. The van der Waals surface area contributed by atoms with Gasteiger partial charge in [0, 0.05) is 25.2 Å². The largest absolute Gasteiger partial charge is 0.459 e. The van der Waals surface area contributed by atoms with E-state index in [4.69, 9.17) is 4.42 Å². The van der Waals surface area contributed by atoms with Crippen LogP contribution in [0.4, 0.5) is 0 Å². The molecule has 2 aromatic rings. The molecule has 0 unspecified atom stereocenters. The van der Waals surface area contributed by atoms with E-state index in [-0.39, 0.29) is 5.91 Å². The summed E-state index contributed by atoms with van der Waals surface area (Å²) >= 11 is 0. The van der Waals surface area contributed by atoms with Crippen LogP contribution in [-0.2, 0) is 0 Å². The summed E-state index contributed by atoms with van der Waals surface area (Å²) in [5, 5.41) is 3.91. The lowest BCUT2D eigenvalue weighted by Gasteiger charge is -2.39. The summed E-state index contributed by atoms with van der Waals surface area (Å²) < 4.78 is 5.24. The smallest absolute Gasteiger partial charge is 0.289 e. The zero-order chi connectivity index (χ0) is 17.1. The van der Waals surface area contributed by atoms with Crippen molar-refractivity contribution in [2.45, 2.75) is 44.2 Å². The van der Waals surface area contributed by atoms with E-state index in [2.05, 4.69) is 35.6 Å². The molecule has 1 saturated carbocycles. The van der Waals surface area contributed by atoms with Crippen LogP contribution in [0.5, 0.6) is 0 Å². The Morgan fingerprint density at radius 2 is 1.80 bits per heavy atom. The number of amides is 1. The second-order valence-electron chi connectivity index (χ2n) is 7.29. The Kier molecular flexibility index (Phi) is 4.88. The fraction of sp³-hybridized carbons (Fsp3) is 0.476. The average Bonchev–Trinajstić information content (AvgIpc) is 3.15. The van der Waals surface area contributed by atoms with Gasteiger partial charge in [0.25, 0.3) is 5.91 Å². The van der Waals surface area contributed by atoms with E-state index >= 15 is 0 Å². The summed E-state index contributed by atoms with van der Waals surface area (Å²) in [7, 11) is 0. The van der Waals surface area contributed by atoms with E-state index in [0.717, 1.165) is 31.8 Å². The fourth-order valence-electron chi connectivity index (χ4n) is 4.00.